The van der Waals surface area contributed by atoms with Gasteiger partial charge in [-0.1, -0.05) is 51.8 Å². The second kappa shape index (κ2) is 11.9. The maximum absolute atomic E-state index is 12.7. The molecule has 1 saturated heterocycles. The van der Waals surface area contributed by atoms with Gasteiger partial charge in [-0.2, -0.15) is 0 Å². The lowest BCUT2D eigenvalue weighted by Crippen LogP contribution is -2.34. The molecule has 1 heterocycles. The molecule has 1 fully saturated rings. The van der Waals surface area contributed by atoms with Crippen molar-refractivity contribution in [3.63, 3.8) is 0 Å². The number of piperidine rings is 1. The number of Topliss-reactive ketones (excluding diaryl/α,β-unsaturated/α-hetero) is 1. The number of ether oxygens (including phenoxy) is 1. The van der Waals surface area contributed by atoms with E-state index in [0.717, 1.165) is 41.5 Å². The van der Waals surface area contributed by atoms with Gasteiger partial charge in [-0.05, 0) is 57.3 Å². The summed E-state index contributed by atoms with van der Waals surface area (Å²) in [6.45, 7) is 13.2. The Balaban J connectivity index is 0.000000597. The average molecular weight is 360 g/mol. The van der Waals surface area contributed by atoms with E-state index < -0.39 is 0 Å². The molecule has 2 rings (SSSR count). The number of hydrogen-bond acceptors (Lipinski definition) is 3. The van der Waals surface area contributed by atoms with Crippen LogP contribution in [0, 0.1) is 12.8 Å². The lowest BCUT2D eigenvalue weighted by molar-refractivity contribution is -0.115. The number of allylic oxidation sites excluding steroid dienone is 1. The molecule has 0 saturated carbocycles. The maximum Gasteiger partial charge on any atom is 0.177 e. The fourth-order valence-corrected chi connectivity index (χ4v) is 3.01. The Labute approximate surface area is 160 Å². The van der Waals surface area contributed by atoms with Crippen molar-refractivity contribution in [1.29, 1.82) is 0 Å². The molecule has 0 bridgehead atoms. The van der Waals surface area contributed by atoms with E-state index in [4.69, 9.17) is 4.74 Å². The van der Waals surface area contributed by atoms with E-state index >= 15 is 0 Å². The summed E-state index contributed by atoms with van der Waals surface area (Å²) in [5.74, 6) is 1.84. The van der Waals surface area contributed by atoms with Gasteiger partial charge in [0.25, 0.3) is 0 Å². The normalized spacial score (nSPS) is 15.4. The molecule has 1 aromatic rings. The predicted octanol–water partition coefficient (Wildman–Crippen LogP) is 5.51. The molecule has 26 heavy (non-hydrogen) atoms. The van der Waals surface area contributed by atoms with Gasteiger partial charge < -0.3 is 4.74 Å². The third-order valence-electron chi connectivity index (χ3n) is 4.95. The van der Waals surface area contributed by atoms with Crippen molar-refractivity contribution in [2.75, 3.05) is 26.7 Å². The Bertz CT molecular complexity index is 584. The van der Waals surface area contributed by atoms with Crippen LogP contribution in [0.15, 0.2) is 24.3 Å². The molecular weight excluding hydrogens is 322 g/mol. The van der Waals surface area contributed by atoms with Crippen molar-refractivity contribution in [3.8, 4) is 5.75 Å². The summed E-state index contributed by atoms with van der Waals surface area (Å²) in [6, 6.07) is 5.90. The van der Waals surface area contributed by atoms with Gasteiger partial charge in [-0.15, -0.1) is 0 Å². The summed E-state index contributed by atoms with van der Waals surface area (Å²) in [7, 11) is 1.65. The monoisotopic (exact) mass is 359 g/mol. The Kier molecular flexibility index (Phi) is 10.3. The van der Waals surface area contributed by atoms with Crippen molar-refractivity contribution >= 4 is 11.4 Å². The topological polar surface area (TPSA) is 29.5 Å². The van der Waals surface area contributed by atoms with Crippen molar-refractivity contribution in [1.82, 2.24) is 4.90 Å². The van der Waals surface area contributed by atoms with Crippen LogP contribution in [-0.2, 0) is 4.79 Å². The first kappa shape index (κ1) is 22.4. The Morgan fingerprint density at radius 1 is 1.23 bits per heavy atom. The van der Waals surface area contributed by atoms with Crippen LogP contribution >= 0.6 is 0 Å². The zero-order chi connectivity index (χ0) is 19.5. The average Bonchev–Trinajstić information content (AvgIpc) is 2.64. The number of carbonyl (C=O) groups is 1. The highest BCUT2D eigenvalue weighted by Gasteiger charge is 2.20. The molecule has 1 aromatic carbocycles. The Morgan fingerprint density at radius 3 is 2.35 bits per heavy atom. The van der Waals surface area contributed by atoms with Crippen molar-refractivity contribution in [2.45, 2.75) is 60.3 Å². The van der Waals surface area contributed by atoms with Crippen LogP contribution < -0.4 is 4.74 Å². The summed E-state index contributed by atoms with van der Waals surface area (Å²) in [5.41, 5.74) is 2.79. The second-order valence-electron chi connectivity index (χ2n) is 7.42. The molecule has 0 atom stereocenters. The molecule has 0 aliphatic carbocycles. The molecule has 0 spiro atoms. The van der Waals surface area contributed by atoms with Gasteiger partial charge in [0, 0.05) is 11.1 Å². The standard InChI is InChI=1S/C18H25NO2.C5H12/c1-4-15(16(20)13-19-11-6-5-7-12-19)18-14(2)9-8-10-17(18)21-3;1-4-5(2)3/h4,8-10H,5-7,11-13H2,1-3H3;5H,4H2,1-3H3/b15-4-;. The van der Waals surface area contributed by atoms with E-state index in [-0.39, 0.29) is 5.78 Å². The van der Waals surface area contributed by atoms with Crippen LogP contribution in [0.25, 0.3) is 5.57 Å². The minimum Gasteiger partial charge on any atom is -0.496 e. The van der Waals surface area contributed by atoms with E-state index in [1.54, 1.807) is 7.11 Å². The molecule has 146 valence electrons. The molecule has 0 radical (unpaired) electrons. The van der Waals surface area contributed by atoms with E-state index in [9.17, 15) is 4.79 Å². The van der Waals surface area contributed by atoms with E-state index in [1.165, 1.54) is 25.7 Å². The highest BCUT2D eigenvalue weighted by molar-refractivity contribution is 6.22. The van der Waals surface area contributed by atoms with E-state index in [1.807, 2.05) is 38.1 Å². The molecule has 1 aliphatic heterocycles. The predicted molar refractivity (Wildman–Crippen MR) is 112 cm³/mol. The summed E-state index contributed by atoms with van der Waals surface area (Å²) >= 11 is 0. The fraction of sp³-hybridized carbons (Fsp3) is 0.609. The van der Waals surface area contributed by atoms with Gasteiger partial charge in [-0.3, -0.25) is 9.69 Å². The molecule has 3 heteroatoms. The minimum absolute atomic E-state index is 0.187. The highest BCUT2D eigenvalue weighted by Crippen LogP contribution is 2.30. The van der Waals surface area contributed by atoms with Gasteiger partial charge >= 0.3 is 0 Å². The molecular formula is C23H37NO2. The maximum atomic E-state index is 12.7. The number of ketones is 1. The first-order valence-electron chi connectivity index (χ1n) is 10.00. The Hall–Kier alpha value is -1.61. The van der Waals surface area contributed by atoms with Crippen LogP contribution in [0.4, 0.5) is 0 Å². The molecule has 0 amide bonds. The summed E-state index contributed by atoms with van der Waals surface area (Å²) in [4.78, 5) is 15.0. The van der Waals surface area contributed by atoms with Crippen LogP contribution in [0.1, 0.15) is 64.5 Å². The highest BCUT2D eigenvalue weighted by atomic mass is 16.5. The van der Waals surface area contributed by atoms with Crippen LogP contribution in [0.3, 0.4) is 0 Å². The SMILES string of the molecule is C/C=C(/C(=O)CN1CCCCC1)c1c(C)cccc1OC.CCC(C)C. The number of nitrogens with zero attached hydrogens (tertiary/aromatic N) is 1. The van der Waals surface area contributed by atoms with E-state index in [2.05, 4.69) is 25.7 Å². The first-order valence-corrected chi connectivity index (χ1v) is 10.00. The number of rotatable bonds is 6. The third kappa shape index (κ3) is 6.95. The van der Waals surface area contributed by atoms with Crippen molar-refractivity contribution in [3.05, 3.63) is 35.4 Å². The second-order valence-corrected chi connectivity index (χ2v) is 7.42. The fourth-order valence-electron chi connectivity index (χ4n) is 3.01. The van der Waals surface area contributed by atoms with Crippen LogP contribution in [0.5, 0.6) is 5.75 Å². The quantitative estimate of drug-likeness (QED) is 0.627. The van der Waals surface area contributed by atoms with Crippen LogP contribution in [0.2, 0.25) is 0 Å². The molecule has 0 N–H and O–H groups in total. The van der Waals surface area contributed by atoms with Gasteiger partial charge in [0.1, 0.15) is 5.75 Å². The number of benzene rings is 1. The van der Waals surface area contributed by atoms with Crippen molar-refractivity contribution < 1.29 is 9.53 Å². The zero-order valence-electron chi connectivity index (χ0n) is 17.6. The number of methoxy groups -OCH3 is 1. The van der Waals surface area contributed by atoms with Gasteiger partial charge in [0.2, 0.25) is 0 Å². The van der Waals surface area contributed by atoms with Crippen molar-refractivity contribution in [2.24, 2.45) is 5.92 Å². The Morgan fingerprint density at radius 2 is 1.85 bits per heavy atom. The summed E-state index contributed by atoms with van der Waals surface area (Å²) in [5, 5.41) is 0. The molecule has 3 nitrogen and oxygen atoms in total. The molecule has 0 aromatic heterocycles. The number of likely N-dealkylation sites (tertiary alicyclic amines) is 1. The number of carbonyl (C=O) groups excluding carboxylic acids is 1. The largest absolute Gasteiger partial charge is 0.496 e. The summed E-state index contributed by atoms with van der Waals surface area (Å²) in [6.07, 6.45) is 6.90. The summed E-state index contributed by atoms with van der Waals surface area (Å²) < 4.78 is 5.44. The zero-order valence-corrected chi connectivity index (χ0v) is 17.6. The number of aryl methyl sites for hydroxylation is 1. The van der Waals surface area contributed by atoms with Gasteiger partial charge in [-0.25, -0.2) is 0 Å². The number of hydrogen-bond donors (Lipinski definition) is 0. The van der Waals surface area contributed by atoms with Gasteiger partial charge in [0.05, 0.1) is 13.7 Å². The van der Waals surface area contributed by atoms with Crippen LogP contribution in [-0.4, -0.2) is 37.4 Å². The third-order valence-corrected chi connectivity index (χ3v) is 4.95. The smallest absolute Gasteiger partial charge is 0.177 e. The first-order chi connectivity index (χ1) is 12.4. The van der Waals surface area contributed by atoms with Gasteiger partial charge in [0.15, 0.2) is 5.78 Å². The molecule has 1 aliphatic rings. The minimum atomic E-state index is 0.187. The lowest BCUT2D eigenvalue weighted by Gasteiger charge is -2.26. The lowest BCUT2D eigenvalue weighted by atomic mass is 9.95. The van der Waals surface area contributed by atoms with E-state index in [0.29, 0.717) is 6.54 Å². The molecule has 0 unspecified atom stereocenters.